The van der Waals surface area contributed by atoms with Crippen LogP contribution < -0.4 is 16.0 Å². The molecule has 0 saturated carbocycles. The maximum atomic E-state index is 13.9. The molecule has 14 nitrogen and oxygen atoms in total. The van der Waals surface area contributed by atoms with Crippen molar-refractivity contribution < 1.29 is 38.7 Å². The molecule has 1 unspecified atom stereocenters. The summed E-state index contributed by atoms with van der Waals surface area (Å²) in [6.07, 6.45) is 0. The van der Waals surface area contributed by atoms with Crippen LogP contribution >= 0.6 is 11.8 Å². The number of carboxylic acid groups (broad SMARTS) is 1. The van der Waals surface area contributed by atoms with Crippen molar-refractivity contribution in [2.24, 2.45) is 0 Å². The third-order valence-electron chi connectivity index (χ3n) is 8.25. The topological polar surface area (TPSA) is 186 Å². The fourth-order valence-corrected chi connectivity index (χ4v) is 7.50. The fourth-order valence-electron chi connectivity index (χ4n) is 5.87. The molecule has 2 aromatic rings. The van der Waals surface area contributed by atoms with Gasteiger partial charge in [-0.25, -0.2) is 9.59 Å². The Hall–Kier alpha value is -4.92. The molecule has 5 rings (SSSR count). The van der Waals surface area contributed by atoms with Crippen LogP contribution in [-0.2, 0) is 28.8 Å². The highest BCUT2D eigenvalue weighted by Gasteiger charge is 2.64. The number of piperazine rings is 1. The number of benzene rings is 2. The Balaban J connectivity index is 1.37. The first-order valence-electron chi connectivity index (χ1n) is 14.7. The van der Waals surface area contributed by atoms with Crippen molar-refractivity contribution in [1.29, 1.82) is 0 Å². The maximum absolute atomic E-state index is 13.9. The molecule has 0 aromatic heterocycles. The summed E-state index contributed by atoms with van der Waals surface area (Å²) in [4.78, 5) is 94.3. The lowest BCUT2D eigenvalue weighted by Crippen LogP contribution is -2.71. The average Bonchev–Trinajstić information content (AvgIpc) is 3.30. The Bertz CT molecular complexity index is 1570. The van der Waals surface area contributed by atoms with Crippen molar-refractivity contribution in [2.45, 2.75) is 55.1 Å². The second-order valence-corrected chi connectivity index (χ2v) is 13.3. The van der Waals surface area contributed by atoms with Crippen LogP contribution in [0.1, 0.15) is 44.0 Å². The van der Waals surface area contributed by atoms with E-state index in [9.17, 15) is 38.7 Å². The lowest BCUT2D eigenvalue weighted by Gasteiger charge is -2.44. The van der Waals surface area contributed by atoms with Crippen molar-refractivity contribution in [1.82, 2.24) is 30.7 Å². The average molecular weight is 651 g/mol. The summed E-state index contributed by atoms with van der Waals surface area (Å²) in [5.41, 5.74) is 0.732. The molecule has 2 aromatic carbocycles. The van der Waals surface area contributed by atoms with E-state index in [2.05, 4.69) is 16.0 Å². The molecule has 242 valence electrons. The van der Waals surface area contributed by atoms with Crippen molar-refractivity contribution in [3.05, 3.63) is 71.8 Å². The number of carboxylic acids is 1. The first-order chi connectivity index (χ1) is 21.9. The van der Waals surface area contributed by atoms with E-state index < -0.39 is 75.8 Å². The summed E-state index contributed by atoms with van der Waals surface area (Å²) in [6, 6.07) is 10.8. The first kappa shape index (κ1) is 32.5. The predicted octanol–water partition coefficient (Wildman–Crippen LogP) is 0.617. The molecule has 3 fully saturated rings. The van der Waals surface area contributed by atoms with Crippen molar-refractivity contribution in [3.63, 3.8) is 0 Å². The smallest absolute Gasteiger partial charge is 0.327 e. The van der Waals surface area contributed by atoms with Gasteiger partial charge in [-0.2, -0.15) is 0 Å². The molecule has 7 amide bonds. The van der Waals surface area contributed by atoms with Gasteiger partial charge in [0.2, 0.25) is 17.7 Å². The predicted molar refractivity (Wildman–Crippen MR) is 165 cm³/mol. The number of urea groups is 1. The monoisotopic (exact) mass is 650 g/mol. The van der Waals surface area contributed by atoms with Crippen LogP contribution in [0.5, 0.6) is 0 Å². The number of carbonyl (C=O) groups is 7. The van der Waals surface area contributed by atoms with Gasteiger partial charge in [-0.05, 0) is 31.9 Å². The minimum absolute atomic E-state index is 0.0619. The van der Waals surface area contributed by atoms with Gasteiger partial charge in [0.25, 0.3) is 0 Å². The summed E-state index contributed by atoms with van der Waals surface area (Å²) in [5, 5.41) is 17.0. The lowest BCUT2D eigenvalue weighted by molar-refractivity contribution is -0.161. The number of fused-ring (bicyclic) bond motifs is 1. The first-order valence-corrected chi connectivity index (χ1v) is 15.6. The molecule has 0 spiro atoms. The van der Waals surface area contributed by atoms with E-state index in [1.54, 1.807) is 81.4 Å². The number of nitrogens with one attached hydrogen (secondary N) is 3. The van der Waals surface area contributed by atoms with Crippen LogP contribution in [0.25, 0.3) is 0 Å². The molecule has 3 heterocycles. The molecular weight excluding hydrogens is 616 g/mol. The minimum atomic E-state index is -1.37. The Morgan fingerprint density at radius 3 is 1.98 bits per heavy atom. The molecule has 3 saturated heterocycles. The van der Waals surface area contributed by atoms with Crippen molar-refractivity contribution in [3.8, 4) is 0 Å². The summed E-state index contributed by atoms with van der Waals surface area (Å²) < 4.78 is -0.797. The zero-order valence-electron chi connectivity index (χ0n) is 25.3. The van der Waals surface area contributed by atoms with Gasteiger partial charge in [0, 0.05) is 24.4 Å². The number of aliphatic carboxylic acids is 1. The third kappa shape index (κ3) is 6.01. The van der Waals surface area contributed by atoms with Gasteiger partial charge in [-0.1, -0.05) is 60.7 Å². The van der Waals surface area contributed by atoms with E-state index in [1.807, 2.05) is 0 Å². The van der Waals surface area contributed by atoms with Gasteiger partial charge >= 0.3 is 23.8 Å². The number of thioether (sulfide) groups is 1. The van der Waals surface area contributed by atoms with Crippen molar-refractivity contribution in [2.75, 3.05) is 19.6 Å². The van der Waals surface area contributed by atoms with Crippen LogP contribution in [0.15, 0.2) is 60.7 Å². The molecule has 15 heteroatoms. The number of β-lactam (4-membered cyclic amide) rings is 1. The highest BCUT2D eigenvalue weighted by Crippen LogP contribution is 2.50. The number of carbonyl (C=O) groups excluding carboxylic acids is 6. The van der Waals surface area contributed by atoms with Crippen molar-refractivity contribution >= 4 is 53.3 Å². The van der Waals surface area contributed by atoms with Gasteiger partial charge in [-0.15, -0.1) is 11.8 Å². The Labute approximate surface area is 268 Å². The number of likely N-dealkylation sites (N-methyl/N-ethyl adjacent to an activating group) is 1. The highest BCUT2D eigenvalue weighted by molar-refractivity contribution is 8.01. The second-order valence-electron chi connectivity index (χ2n) is 11.6. The Morgan fingerprint density at radius 1 is 0.870 bits per heavy atom. The van der Waals surface area contributed by atoms with Gasteiger partial charge < -0.3 is 30.9 Å². The van der Waals surface area contributed by atoms with E-state index >= 15 is 0 Å². The molecular formula is C31H34N6O8S. The zero-order chi connectivity index (χ0) is 33.3. The van der Waals surface area contributed by atoms with Crippen LogP contribution in [0.4, 0.5) is 4.79 Å². The van der Waals surface area contributed by atoms with Crippen LogP contribution in [-0.4, -0.2) is 103 Å². The normalized spacial score (nSPS) is 23.2. The van der Waals surface area contributed by atoms with E-state index in [-0.39, 0.29) is 13.1 Å². The molecule has 0 bridgehead atoms. The SMILES string of the molecule is CCN1CCN(C(=O)N[C@@H](C(=O)NC(C(=O)N[C@@H]2C(=O)N3[C@@H]2SC(C)(C)[C@@H]3C(=O)O)c2ccccc2)c2ccccc2)C(=O)C1=O. The molecule has 46 heavy (non-hydrogen) atoms. The van der Waals surface area contributed by atoms with Gasteiger partial charge in [0.05, 0.1) is 0 Å². The summed E-state index contributed by atoms with van der Waals surface area (Å²) >= 11 is 1.27. The van der Waals surface area contributed by atoms with Crippen LogP contribution in [0.2, 0.25) is 0 Å². The minimum Gasteiger partial charge on any atom is -0.480 e. The highest BCUT2D eigenvalue weighted by atomic mass is 32.2. The molecule has 0 aliphatic carbocycles. The van der Waals surface area contributed by atoms with Crippen LogP contribution in [0, 0.1) is 0 Å². The fraction of sp³-hybridized carbons (Fsp3) is 0.387. The summed E-state index contributed by atoms with van der Waals surface area (Å²) in [5.74, 6) is -5.04. The molecule has 0 radical (unpaired) electrons. The molecule has 3 aliphatic heterocycles. The third-order valence-corrected chi connectivity index (χ3v) is 9.82. The number of amides is 7. The number of rotatable bonds is 9. The summed E-state index contributed by atoms with van der Waals surface area (Å²) in [6.45, 7) is 5.55. The number of nitrogens with zero attached hydrogens (tertiary/aromatic N) is 3. The van der Waals surface area contributed by atoms with E-state index in [4.69, 9.17) is 0 Å². The largest absolute Gasteiger partial charge is 0.480 e. The Kier molecular flexibility index (Phi) is 9.06. The van der Waals surface area contributed by atoms with E-state index in [1.165, 1.54) is 21.6 Å². The molecule has 5 atom stereocenters. The standard InChI is InChI=1S/C31H34N6O8S/c1-4-35-15-16-36(27(42)26(35)41)30(45)34-20(18-13-9-6-10-14-18)24(39)32-19(17-11-7-5-8-12-17)23(38)33-21-25(40)37-22(29(43)44)31(2,3)46-28(21)37/h5-14,19-22,28H,4,15-16H2,1-3H3,(H,32,39)(H,33,38)(H,34,45)(H,43,44)/t19?,20-,21-,22+,28-/m1/s1. The lowest BCUT2D eigenvalue weighted by atomic mass is 9.95. The van der Waals surface area contributed by atoms with E-state index in [0.717, 1.165) is 4.90 Å². The number of hydrogen-bond acceptors (Lipinski definition) is 8. The number of imide groups is 1. The van der Waals surface area contributed by atoms with Gasteiger partial charge in [0.15, 0.2) is 0 Å². The maximum Gasteiger partial charge on any atom is 0.327 e. The summed E-state index contributed by atoms with van der Waals surface area (Å²) in [7, 11) is 0. The molecule has 3 aliphatic rings. The van der Waals surface area contributed by atoms with Gasteiger partial charge in [0.1, 0.15) is 29.5 Å². The Morgan fingerprint density at radius 2 is 1.43 bits per heavy atom. The molecule has 4 N–H and O–H groups in total. The van der Waals surface area contributed by atoms with Gasteiger partial charge in [-0.3, -0.25) is 28.9 Å². The van der Waals surface area contributed by atoms with Crippen LogP contribution in [0.3, 0.4) is 0 Å². The second kappa shape index (κ2) is 12.8. The van der Waals surface area contributed by atoms with E-state index in [0.29, 0.717) is 17.7 Å². The number of hydrogen-bond donors (Lipinski definition) is 4. The zero-order valence-corrected chi connectivity index (χ0v) is 26.2. The quantitative estimate of drug-likeness (QED) is 0.223.